The number of allylic oxidation sites excluding steroid dienone is 7. The van der Waals surface area contributed by atoms with Crippen molar-refractivity contribution in [1.29, 1.82) is 0 Å². The first-order valence-corrected chi connectivity index (χ1v) is 42.9. The molecular formula is C86H161NO13. The van der Waals surface area contributed by atoms with Gasteiger partial charge >= 0.3 is 0 Å². The lowest BCUT2D eigenvalue weighted by molar-refractivity contribution is -0.359. The molecule has 2 aliphatic rings. The van der Waals surface area contributed by atoms with Crippen LogP contribution in [0.25, 0.3) is 0 Å². The first-order valence-electron chi connectivity index (χ1n) is 42.9. The molecule has 0 aromatic carbocycles. The Hall–Kier alpha value is -2.05. The number of carbonyl (C=O) groups excluding carboxylic acids is 1. The zero-order chi connectivity index (χ0) is 72.2. The maximum atomic E-state index is 13.4. The summed E-state index contributed by atoms with van der Waals surface area (Å²) in [6, 6.07) is -0.917. The summed E-state index contributed by atoms with van der Waals surface area (Å²) in [6.07, 6.45) is 77.8. The van der Waals surface area contributed by atoms with E-state index >= 15 is 0 Å². The van der Waals surface area contributed by atoms with E-state index in [1.165, 1.54) is 321 Å². The molecule has 2 saturated heterocycles. The maximum Gasteiger partial charge on any atom is 0.220 e. The summed E-state index contributed by atoms with van der Waals surface area (Å²) in [5.41, 5.74) is 0. The van der Waals surface area contributed by atoms with Crippen molar-refractivity contribution in [3.63, 3.8) is 0 Å². The van der Waals surface area contributed by atoms with E-state index in [9.17, 15) is 45.6 Å². The van der Waals surface area contributed by atoms with Crippen molar-refractivity contribution in [2.75, 3.05) is 19.8 Å². The molecule has 2 heterocycles. The quantitative estimate of drug-likeness (QED) is 0.0204. The lowest BCUT2D eigenvalue weighted by Crippen LogP contribution is -2.65. The van der Waals surface area contributed by atoms with Crippen molar-refractivity contribution < 1.29 is 64.6 Å². The van der Waals surface area contributed by atoms with E-state index in [0.29, 0.717) is 6.42 Å². The lowest BCUT2D eigenvalue weighted by Gasteiger charge is -2.46. The fourth-order valence-electron chi connectivity index (χ4n) is 14.2. The van der Waals surface area contributed by atoms with Crippen molar-refractivity contribution in [1.82, 2.24) is 5.32 Å². The SMILES string of the molecule is CCCCCCC/C=C\C/C=C\C/C=C\CCCCCCCCCCCCCCCCCCCCCCC(=O)NC(COC1OC(CO)C(OC2OC(CO)C(O)C(O)C2O)C(O)C1O)C(O)/C=C/CCCCCCCCCCCCCCCCCCCCCCCCCCCCCCC. The number of ether oxygens (including phenoxy) is 4. The van der Waals surface area contributed by atoms with Gasteiger partial charge in [0.05, 0.1) is 32.0 Å². The van der Waals surface area contributed by atoms with Crippen molar-refractivity contribution in [2.45, 2.75) is 473 Å². The Kier molecular flexibility index (Phi) is 65.8. The van der Waals surface area contributed by atoms with Gasteiger partial charge in [-0.2, -0.15) is 0 Å². The fraction of sp³-hybridized carbons (Fsp3) is 0.895. The molecule has 0 aliphatic carbocycles. The van der Waals surface area contributed by atoms with Gasteiger partial charge in [0.15, 0.2) is 12.6 Å². The molecule has 9 N–H and O–H groups in total. The summed E-state index contributed by atoms with van der Waals surface area (Å²) in [5.74, 6) is -0.232. The summed E-state index contributed by atoms with van der Waals surface area (Å²) in [5, 5.41) is 87.8. The molecule has 0 aromatic rings. The molecule has 14 heteroatoms. The van der Waals surface area contributed by atoms with Gasteiger partial charge in [-0.15, -0.1) is 0 Å². The van der Waals surface area contributed by atoms with Crippen LogP contribution in [0.15, 0.2) is 48.6 Å². The van der Waals surface area contributed by atoms with Gasteiger partial charge in [0.2, 0.25) is 5.91 Å². The average molecular weight is 1420 g/mol. The third-order valence-corrected chi connectivity index (χ3v) is 21.0. The zero-order valence-corrected chi connectivity index (χ0v) is 64.7. The molecule has 0 spiro atoms. The molecule has 0 saturated carbocycles. The summed E-state index contributed by atoms with van der Waals surface area (Å²) >= 11 is 0. The van der Waals surface area contributed by atoms with E-state index < -0.39 is 86.8 Å². The van der Waals surface area contributed by atoms with E-state index in [1.807, 2.05) is 6.08 Å². The predicted molar refractivity (Wildman–Crippen MR) is 415 cm³/mol. The summed E-state index contributed by atoms with van der Waals surface area (Å²) < 4.78 is 23.0. The molecule has 2 fully saturated rings. The third kappa shape index (κ3) is 52.0. The molecule has 0 aromatic heterocycles. The number of aliphatic hydroxyl groups is 8. The molecule has 588 valence electrons. The highest BCUT2D eigenvalue weighted by atomic mass is 16.7. The Labute approximate surface area is 614 Å². The Morgan fingerprint density at radius 2 is 0.660 bits per heavy atom. The molecule has 0 bridgehead atoms. The highest BCUT2D eigenvalue weighted by molar-refractivity contribution is 5.76. The Balaban J connectivity index is 1.59. The monoisotopic (exact) mass is 1420 g/mol. The van der Waals surface area contributed by atoms with Crippen molar-refractivity contribution in [2.24, 2.45) is 0 Å². The molecule has 2 aliphatic heterocycles. The topological polar surface area (TPSA) is 228 Å². The smallest absolute Gasteiger partial charge is 0.220 e. The zero-order valence-electron chi connectivity index (χ0n) is 64.7. The van der Waals surface area contributed by atoms with Gasteiger partial charge in [-0.1, -0.05) is 383 Å². The highest BCUT2D eigenvalue weighted by Crippen LogP contribution is 2.30. The van der Waals surface area contributed by atoms with E-state index in [4.69, 9.17) is 18.9 Å². The van der Waals surface area contributed by atoms with Crippen LogP contribution in [0.3, 0.4) is 0 Å². The van der Waals surface area contributed by atoms with Crippen LogP contribution < -0.4 is 5.32 Å². The van der Waals surface area contributed by atoms with Crippen molar-refractivity contribution in [3.05, 3.63) is 48.6 Å². The van der Waals surface area contributed by atoms with E-state index in [0.717, 1.165) is 51.4 Å². The van der Waals surface area contributed by atoms with Gasteiger partial charge in [0.25, 0.3) is 0 Å². The largest absolute Gasteiger partial charge is 0.394 e. The number of amides is 1. The minimum absolute atomic E-state index is 0.232. The fourth-order valence-corrected chi connectivity index (χ4v) is 14.2. The molecule has 2 rings (SSSR count). The molecule has 12 atom stereocenters. The predicted octanol–water partition coefficient (Wildman–Crippen LogP) is 20.1. The number of unbranched alkanes of at least 4 members (excludes halogenated alkanes) is 54. The Bertz CT molecular complexity index is 1870. The third-order valence-electron chi connectivity index (χ3n) is 21.0. The van der Waals surface area contributed by atoms with Gasteiger partial charge in [0.1, 0.15) is 48.8 Å². The second kappa shape index (κ2) is 70.0. The minimum Gasteiger partial charge on any atom is -0.394 e. The van der Waals surface area contributed by atoms with Crippen LogP contribution in [0, 0.1) is 0 Å². The Morgan fingerprint density at radius 3 is 1.01 bits per heavy atom. The minimum atomic E-state index is -1.79. The Morgan fingerprint density at radius 1 is 0.360 bits per heavy atom. The number of aliphatic hydroxyl groups excluding tert-OH is 8. The van der Waals surface area contributed by atoms with Crippen LogP contribution in [0.1, 0.15) is 399 Å². The van der Waals surface area contributed by atoms with Crippen LogP contribution in [-0.4, -0.2) is 140 Å². The van der Waals surface area contributed by atoms with E-state index in [1.54, 1.807) is 6.08 Å². The van der Waals surface area contributed by atoms with Gasteiger partial charge < -0.3 is 65.1 Å². The number of hydrogen-bond acceptors (Lipinski definition) is 13. The maximum absolute atomic E-state index is 13.4. The highest BCUT2D eigenvalue weighted by Gasteiger charge is 2.51. The van der Waals surface area contributed by atoms with Crippen LogP contribution in [0.2, 0.25) is 0 Å². The second-order valence-corrected chi connectivity index (χ2v) is 30.3. The lowest BCUT2D eigenvalue weighted by atomic mass is 9.97. The van der Waals surface area contributed by atoms with Crippen LogP contribution in [0.4, 0.5) is 0 Å². The average Bonchev–Trinajstić information content (AvgIpc) is 0.790. The van der Waals surface area contributed by atoms with Gasteiger partial charge in [-0.05, 0) is 57.8 Å². The molecular weight excluding hydrogens is 1250 g/mol. The summed E-state index contributed by atoms with van der Waals surface area (Å²) in [6.45, 7) is 2.86. The van der Waals surface area contributed by atoms with Crippen molar-refractivity contribution >= 4 is 5.91 Å². The van der Waals surface area contributed by atoms with Gasteiger partial charge in [-0.25, -0.2) is 0 Å². The first kappa shape index (κ1) is 94.0. The standard InChI is InChI=1S/C86H161NO13/c1-3-5-7-9-11-13-15-17-19-21-23-25-27-29-31-33-35-36-37-38-40-42-44-46-48-50-52-54-56-58-60-62-64-66-68-70-78(91)87-74(73-97-85-83(96)81(94)84(77(72-89)99-85)100-86-82(95)80(93)79(92)76(71-88)98-86)75(90)69-67-65-63-61-59-57-55-53-51-49-47-45-43-41-39-34-32-30-28-26-24-22-20-18-16-14-12-10-8-6-4-2/h15,17,21,23,27,29,67,69,74-77,79-86,88-90,92-96H,3-14,16,18-20,22,24-26,28,30-66,68,70-73H2,1-2H3,(H,87,91)/b17-15-,23-21-,29-27-,69-67+. The van der Waals surface area contributed by atoms with Crippen LogP contribution in [0.5, 0.6) is 0 Å². The summed E-state index contributed by atoms with van der Waals surface area (Å²) in [7, 11) is 0. The van der Waals surface area contributed by atoms with Crippen molar-refractivity contribution in [3.8, 4) is 0 Å². The van der Waals surface area contributed by atoms with Gasteiger partial charge in [-0.3, -0.25) is 4.79 Å². The van der Waals surface area contributed by atoms with E-state index in [-0.39, 0.29) is 18.9 Å². The summed E-state index contributed by atoms with van der Waals surface area (Å²) in [4.78, 5) is 13.4. The number of nitrogens with one attached hydrogen (secondary N) is 1. The van der Waals surface area contributed by atoms with E-state index in [2.05, 4.69) is 55.6 Å². The number of hydrogen-bond donors (Lipinski definition) is 9. The molecule has 12 unspecified atom stereocenters. The molecule has 14 nitrogen and oxygen atoms in total. The number of rotatable bonds is 73. The second-order valence-electron chi connectivity index (χ2n) is 30.3. The number of carbonyl (C=O) groups is 1. The first-order chi connectivity index (χ1) is 49.1. The van der Waals surface area contributed by atoms with Crippen LogP contribution in [-0.2, 0) is 23.7 Å². The normalized spacial score (nSPS) is 22.0. The molecule has 0 radical (unpaired) electrons. The molecule has 1 amide bonds. The van der Waals surface area contributed by atoms with Gasteiger partial charge in [0, 0.05) is 6.42 Å². The molecule has 100 heavy (non-hydrogen) atoms. The van der Waals surface area contributed by atoms with Crippen LogP contribution >= 0.6 is 0 Å².